The fourth-order valence-corrected chi connectivity index (χ4v) is 6.55. The van der Waals surface area contributed by atoms with Gasteiger partial charge in [-0.3, -0.25) is 9.79 Å². The van der Waals surface area contributed by atoms with E-state index in [-0.39, 0.29) is 44.4 Å². The highest BCUT2D eigenvalue weighted by Gasteiger charge is 2.42. The minimum Gasteiger partial charge on any atom is -0.490 e. The number of rotatable bonds is 3. The Bertz CT molecular complexity index is 1330. The molecule has 0 aromatic heterocycles. The monoisotopic (exact) mass is 593 g/mol. The van der Waals surface area contributed by atoms with Crippen LogP contribution in [0.5, 0.6) is 5.75 Å². The molecule has 3 aliphatic rings. The van der Waals surface area contributed by atoms with E-state index in [2.05, 4.69) is 41.0 Å². The zero-order chi connectivity index (χ0) is 28.8. The minimum absolute atomic E-state index is 0.00327. The van der Waals surface area contributed by atoms with Crippen LogP contribution >= 0.6 is 23.2 Å². The van der Waals surface area contributed by atoms with Crippen LogP contribution in [0.2, 0.25) is 10.0 Å². The summed E-state index contributed by atoms with van der Waals surface area (Å²) in [5, 5.41) is 3.44. The summed E-state index contributed by atoms with van der Waals surface area (Å²) in [7, 11) is 3.79. The second-order valence-electron chi connectivity index (χ2n) is 11.4. The van der Waals surface area contributed by atoms with E-state index < -0.39 is 11.6 Å². The highest BCUT2D eigenvalue weighted by molar-refractivity contribution is 6.35. The van der Waals surface area contributed by atoms with Gasteiger partial charge in [-0.2, -0.15) is 0 Å². The first-order chi connectivity index (χ1) is 19.1. The van der Waals surface area contributed by atoms with E-state index in [0.29, 0.717) is 36.8 Å². The molecule has 2 atom stereocenters. The van der Waals surface area contributed by atoms with Crippen LogP contribution in [-0.2, 0) is 4.79 Å². The average Bonchev–Trinajstić information content (AvgIpc) is 3.08. The lowest BCUT2D eigenvalue weighted by Gasteiger charge is -2.41. The number of fused-ring (bicyclic) bond motifs is 1. The van der Waals surface area contributed by atoms with E-state index in [9.17, 15) is 9.18 Å². The van der Waals surface area contributed by atoms with Crippen molar-refractivity contribution in [2.24, 2.45) is 10.4 Å². The van der Waals surface area contributed by atoms with Gasteiger partial charge < -0.3 is 24.8 Å². The zero-order valence-corrected chi connectivity index (χ0v) is 24.8. The number of anilines is 1. The zero-order valence-electron chi connectivity index (χ0n) is 23.2. The number of nitrogens with one attached hydrogen (secondary N) is 1. The third kappa shape index (κ3) is 5.29. The number of likely N-dealkylation sites (tertiary alicyclic amines) is 1. The lowest BCUT2D eigenvalue weighted by Crippen LogP contribution is -2.56. The van der Waals surface area contributed by atoms with Gasteiger partial charge in [0.05, 0.1) is 22.3 Å². The molecule has 0 aliphatic carbocycles. The molecular formula is C29H35Cl2F2N5O2. The van der Waals surface area contributed by atoms with Crippen molar-refractivity contribution in [3.63, 3.8) is 0 Å². The van der Waals surface area contributed by atoms with E-state index in [1.807, 2.05) is 0 Å². The second-order valence-corrected chi connectivity index (χ2v) is 12.2. The Morgan fingerprint density at radius 2 is 1.88 bits per heavy atom. The maximum atomic E-state index is 15.3. The maximum Gasteiger partial charge on any atom is 0.214 e. The number of nitrogens with zero attached hydrogens (tertiary/aromatic N) is 4. The Balaban J connectivity index is 1.74. The van der Waals surface area contributed by atoms with Gasteiger partial charge >= 0.3 is 0 Å². The fourth-order valence-electron chi connectivity index (χ4n) is 6.09. The van der Waals surface area contributed by atoms with Crippen molar-refractivity contribution in [3.8, 4) is 16.9 Å². The van der Waals surface area contributed by atoms with Crippen molar-refractivity contribution in [1.29, 1.82) is 0 Å². The second kappa shape index (κ2) is 11.4. The van der Waals surface area contributed by atoms with E-state index >= 15 is 4.39 Å². The topological polar surface area (TPSA) is 60.4 Å². The van der Waals surface area contributed by atoms with Gasteiger partial charge in [0.1, 0.15) is 17.5 Å². The molecule has 0 radical (unpaired) electrons. The molecule has 0 bridgehead atoms. The Kier molecular flexibility index (Phi) is 8.30. The van der Waals surface area contributed by atoms with Crippen LogP contribution in [-0.4, -0.2) is 87.6 Å². The van der Waals surface area contributed by atoms with Crippen LogP contribution in [0, 0.1) is 17.0 Å². The minimum atomic E-state index is -0.871. The van der Waals surface area contributed by atoms with Crippen LogP contribution in [0.25, 0.3) is 11.1 Å². The molecule has 1 N–H and O–H groups in total. The summed E-state index contributed by atoms with van der Waals surface area (Å²) in [4.78, 5) is 23.6. The number of piperidine rings is 1. The first-order valence-corrected chi connectivity index (χ1v) is 14.3. The van der Waals surface area contributed by atoms with Crippen LogP contribution in [0.3, 0.4) is 0 Å². The molecular weight excluding hydrogens is 559 g/mol. The van der Waals surface area contributed by atoms with Crippen LogP contribution in [0.1, 0.15) is 32.3 Å². The van der Waals surface area contributed by atoms with Gasteiger partial charge in [0.25, 0.3) is 0 Å². The summed E-state index contributed by atoms with van der Waals surface area (Å²) in [6.45, 7) is 8.16. The highest BCUT2D eigenvalue weighted by atomic mass is 35.5. The molecule has 1 amide bonds. The van der Waals surface area contributed by atoms with Gasteiger partial charge in [-0.05, 0) is 59.0 Å². The number of halogens is 4. The molecule has 1 spiro atoms. The van der Waals surface area contributed by atoms with E-state index in [1.54, 1.807) is 18.0 Å². The maximum absolute atomic E-state index is 15.3. The number of amidine groups is 1. The first kappa shape index (κ1) is 29.0. The molecule has 1 unspecified atom stereocenters. The summed E-state index contributed by atoms with van der Waals surface area (Å²) >= 11 is 13.0. The summed E-state index contributed by atoms with van der Waals surface area (Å²) in [5.74, 6) is -0.765. The Morgan fingerprint density at radius 1 is 1.15 bits per heavy atom. The van der Waals surface area contributed by atoms with Crippen LogP contribution in [0.15, 0.2) is 23.2 Å². The smallest absolute Gasteiger partial charge is 0.214 e. The molecule has 2 aromatic rings. The number of carbonyl (C=O) groups is 1. The fraction of sp³-hybridized carbons (Fsp3) is 0.517. The predicted octanol–water partition coefficient (Wildman–Crippen LogP) is 5.06. The number of aliphatic imine (C=N–C) groups is 1. The Labute approximate surface area is 244 Å². The first-order valence-electron chi connectivity index (χ1n) is 13.6. The number of amides is 1. The van der Waals surface area contributed by atoms with Gasteiger partial charge in [0.15, 0.2) is 5.75 Å². The lowest BCUT2D eigenvalue weighted by molar-refractivity contribution is -0.107. The largest absolute Gasteiger partial charge is 0.490 e. The molecule has 11 heteroatoms. The van der Waals surface area contributed by atoms with Crippen molar-refractivity contribution in [2.45, 2.75) is 38.8 Å². The standard InChI is InChI=1S/C29H35Cl2F2N5O2/c1-17-13-38(18(2)12-35-17)28(34-3)20-10-22(31)25(19-9-21(30)24(33)11-23(19)32)27-26(20)37(16-39)14-29(15-40-27)5-7-36(4)8-6-29/h9-11,16-18,35H,5-8,12-15H2,1-4H3/t17-,18?/m1/s1. The van der Waals surface area contributed by atoms with Crippen LogP contribution in [0.4, 0.5) is 14.5 Å². The van der Waals surface area contributed by atoms with Gasteiger partial charge in [-0.15, -0.1) is 0 Å². The van der Waals surface area contributed by atoms with E-state index in [0.717, 1.165) is 45.0 Å². The molecule has 3 aliphatic heterocycles. The van der Waals surface area contributed by atoms with E-state index in [4.69, 9.17) is 27.9 Å². The molecule has 40 heavy (non-hydrogen) atoms. The van der Waals surface area contributed by atoms with Gasteiger partial charge in [0.2, 0.25) is 6.41 Å². The molecule has 2 fully saturated rings. The SMILES string of the molecule is CN=C(c1cc(Cl)c(-c2cc(Cl)c(F)cc2F)c2c1N(C=O)CC1(CCN(C)CC1)CO2)N1C[C@@H](C)NCC1C. The molecule has 2 saturated heterocycles. The molecule has 5 rings (SSSR count). The lowest BCUT2D eigenvalue weighted by atomic mass is 9.78. The number of benzene rings is 2. The number of ether oxygens (including phenoxy) is 1. The summed E-state index contributed by atoms with van der Waals surface area (Å²) in [6.07, 6.45) is 2.47. The molecule has 7 nitrogen and oxygen atoms in total. The number of carbonyl (C=O) groups excluding carboxylic acids is 1. The number of piperazine rings is 1. The third-order valence-corrected chi connectivity index (χ3v) is 9.05. The van der Waals surface area contributed by atoms with Gasteiger partial charge in [-0.25, -0.2) is 8.78 Å². The molecule has 0 saturated carbocycles. The average molecular weight is 595 g/mol. The Morgan fingerprint density at radius 3 is 2.55 bits per heavy atom. The summed E-state index contributed by atoms with van der Waals surface area (Å²) < 4.78 is 36.0. The quantitative estimate of drug-likeness (QED) is 0.233. The van der Waals surface area contributed by atoms with Crippen molar-refractivity contribution in [1.82, 2.24) is 15.1 Å². The summed E-state index contributed by atoms with van der Waals surface area (Å²) in [6, 6.07) is 4.00. The van der Waals surface area contributed by atoms with Crippen molar-refractivity contribution < 1.29 is 18.3 Å². The molecule has 3 heterocycles. The van der Waals surface area contributed by atoms with Crippen molar-refractivity contribution >= 4 is 41.1 Å². The Hall–Kier alpha value is -2.46. The van der Waals surface area contributed by atoms with Gasteiger partial charge in [-0.1, -0.05) is 23.2 Å². The van der Waals surface area contributed by atoms with Crippen LogP contribution < -0.4 is 15.0 Å². The highest BCUT2D eigenvalue weighted by Crippen LogP contribution is 2.51. The molecule has 216 valence electrons. The number of hydrogen-bond acceptors (Lipinski definition) is 5. The summed E-state index contributed by atoms with van der Waals surface area (Å²) in [5.41, 5.74) is 1.03. The number of hydrogen-bond donors (Lipinski definition) is 1. The van der Waals surface area contributed by atoms with Crippen molar-refractivity contribution in [2.75, 3.05) is 58.3 Å². The van der Waals surface area contributed by atoms with Crippen molar-refractivity contribution in [3.05, 3.63) is 45.4 Å². The van der Waals surface area contributed by atoms with Gasteiger partial charge in [0, 0.05) is 66.9 Å². The molecule has 2 aromatic carbocycles. The third-order valence-electron chi connectivity index (χ3n) is 8.47. The predicted molar refractivity (Wildman–Crippen MR) is 156 cm³/mol. The normalized spacial score (nSPS) is 23.6. The van der Waals surface area contributed by atoms with E-state index in [1.165, 1.54) is 6.07 Å².